The lowest BCUT2D eigenvalue weighted by molar-refractivity contribution is -0.174. The molecule has 0 spiro atoms. The first-order valence-electron chi connectivity index (χ1n) is 13.0. The van der Waals surface area contributed by atoms with Crippen LogP contribution in [0.25, 0.3) is 11.1 Å². The van der Waals surface area contributed by atoms with E-state index in [0.29, 0.717) is 4.68 Å². The highest BCUT2D eigenvalue weighted by Crippen LogP contribution is 2.45. The van der Waals surface area contributed by atoms with Gasteiger partial charge in [-0.3, -0.25) is 14.7 Å². The Balaban J connectivity index is 1.44. The molecule has 1 fully saturated rings. The van der Waals surface area contributed by atoms with E-state index < -0.39 is 59.3 Å². The molecule has 13 heteroatoms. The van der Waals surface area contributed by atoms with E-state index in [0.717, 1.165) is 33.4 Å². The van der Waals surface area contributed by atoms with Gasteiger partial charge in [0.2, 0.25) is 0 Å². The second-order valence-electron chi connectivity index (χ2n) is 10.5. The molecular weight excluding hydrogens is 536 g/mol. The molecule has 5 atom stereocenters. The number of nitrogens with one attached hydrogen (secondary N) is 1. The summed E-state index contributed by atoms with van der Waals surface area (Å²) in [5, 5.41) is 35.9. The lowest BCUT2D eigenvalue weighted by Crippen LogP contribution is -2.68. The third-order valence-corrected chi connectivity index (χ3v) is 8.04. The number of aliphatic carboxylic acids is 1. The Morgan fingerprint density at radius 1 is 1.07 bits per heavy atom. The van der Waals surface area contributed by atoms with E-state index in [1.54, 1.807) is 0 Å². The average Bonchev–Trinajstić information content (AvgIpc) is 3.41. The topological polar surface area (TPSA) is 184 Å². The van der Waals surface area contributed by atoms with Gasteiger partial charge in [-0.1, -0.05) is 62.4 Å². The first-order valence-corrected chi connectivity index (χ1v) is 13.0. The van der Waals surface area contributed by atoms with Crippen molar-refractivity contribution in [1.82, 2.24) is 19.7 Å². The molecule has 1 aliphatic carbocycles. The minimum atomic E-state index is -2.25. The molecule has 2 aliphatic rings. The molecule has 0 saturated carbocycles. The quantitative estimate of drug-likeness (QED) is 0.320. The highest BCUT2D eigenvalue weighted by atomic mass is 16.6. The molecule has 0 unspecified atom stereocenters. The smallest absolute Gasteiger partial charge is 0.410 e. The molecule has 1 saturated heterocycles. The van der Waals surface area contributed by atoms with Crippen LogP contribution in [-0.4, -0.2) is 84.6 Å². The van der Waals surface area contributed by atoms with Crippen molar-refractivity contribution in [2.24, 2.45) is 5.92 Å². The van der Waals surface area contributed by atoms with Crippen molar-refractivity contribution in [3.05, 3.63) is 86.7 Å². The molecule has 5 rings (SSSR count). The fourth-order valence-corrected chi connectivity index (χ4v) is 6.03. The molecule has 0 radical (unpaired) electrons. The first-order chi connectivity index (χ1) is 19.5. The molecule has 41 heavy (non-hydrogen) atoms. The molecule has 1 amide bonds. The van der Waals surface area contributed by atoms with Crippen LogP contribution < -0.4 is 11.2 Å². The maximum Gasteiger partial charge on any atom is 0.410 e. The van der Waals surface area contributed by atoms with Gasteiger partial charge >= 0.3 is 17.8 Å². The van der Waals surface area contributed by atoms with Crippen LogP contribution in [0, 0.1) is 5.92 Å². The summed E-state index contributed by atoms with van der Waals surface area (Å²) in [4.78, 5) is 53.0. The third-order valence-electron chi connectivity index (χ3n) is 8.04. The third kappa shape index (κ3) is 4.42. The van der Waals surface area contributed by atoms with E-state index in [-0.39, 0.29) is 12.5 Å². The number of likely N-dealkylation sites (N-methyl/N-ethyl adjacent to an activating group) is 1. The summed E-state index contributed by atoms with van der Waals surface area (Å²) in [6.45, 7) is 2.95. The summed E-state index contributed by atoms with van der Waals surface area (Å²) < 4.78 is 12.1. The van der Waals surface area contributed by atoms with Gasteiger partial charge in [-0.2, -0.15) is 9.78 Å². The molecule has 3 aromatic rings. The standard InChI is InChI=1S/C28H30N4O9/c1-14(2)28(25(36)37,23-21(34)22(35)24(41-23)32-26(38)30-20(33)12-29-32)31(3)27(39)40-13-19-17-10-6-4-8-15(17)16-9-5-7-11-18(16)19/h4-12,14,19,21-24,34-35H,13H2,1-3H3,(H,36,37)(H,30,33,38)/t21-,22+,23-,24+,28-/m0/s1. The second kappa shape index (κ2) is 10.6. The minimum Gasteiger partial charge on any atom is -0.479 e. The van der Waals surface area contributed by atoms with Gasteiger partial charge in [0.25, 0.3) is 5.56 Å². The van der Waals surface area contributed by atoms with Gasteiger partial charge in [0, 0.05) is 13.0 Å². The number of H-pyrrole nitrogens is 1. The van der Waals surface area contributed by atoms with E-state index in [4.69, 9.17) is 9.47 Å². The van der Waals surface area contributed by atoms with Gasteiger partial charge in [0.15, 0.2) is 11.8 Å². The lowest BCUT2D eigenvalue weighted by Gasteiger charge is -2.45. The largest absolute Gasteiger partial charge is 0.479 e. The summed E-state index contributed by atoms with van der Waals surface area (Å²) in [5.74, 6) is -2.69. The Labute approximate surface area is 233 Å². The number of aromatic nitrogens is 3. The van der Waals surface area contributed by atoms with Crippen LogP contribution in [0.3, 0.4) is 0 Å². The number of hydrogen-bond donors (Lipinski definition) is 4. The van der Waals surface area contributed by atoms with Crippen molar-refractivity contribution >= 4 is 12.1 Å². The molecular formula is C28H30N4O9. The number of amides is 1. The monoisotopic (exact) mass is 566 g/mol. The molecule has 13 nitrogen and oxygen atoms in total. The van der Waals surface area contributed by atoms with Gasteiger partial charge in [-0.25, -0.2) is 14.4 Å². The van der Waals surface area contributed by atoms with Crippen molar-refractivity contribution in [3.8, 4) is 11.1 Å². The maximum atomic E-state index is 13.5. The Bertz CT molecular complexity index is 1560. The zero-order valence-corrected chi connectivity index (χ0v) is 22.5. The number of nitrogens with zero attached hydrogens (tertiary/aromatic N) is 3. The van der Waals surface area contributed by atoms with E-state index in [9.17, 15) is 34.5 Å². The van der Waals surface area contributed by atoms with Crippen LogP contribution in [0.5, 0.6) is 0 Å². The highest BCUT2D eigenvalue weighted by molar-refractivity contribution is 5.86. The van der Waals surface area contributed by atoms with E-state index >= 15 is 0 Å². The zero-order valence-electron chi connectivity index (χ0n) is 22.5. The second-order valence-corrected chi connectivity index (χ2v) is 10.5. The normalized spacial score (nSPS) is 23.1. The number of carboxylic acids is 1. The Morgan fingerprint density at radius 2 is 1.66 bits per heavy atom. The SMILES string of the molecule is CC(C)[C@@](C(=O)O)([C@H]1O[C@@H](n2ncc(=O)[nH]c2=O)[C@H](O)[C@@H]1O)N(C)C(=O)OCC1c2ccccc2-c2ccccc21. The van der Waals surface area contributed by atoms with Gasteiger partial charge in [-0.15, -0.1) is 0 Å². The van der Waals surface area contributed by atoms with Crippen LogP contribution in [0.2, 0.25) is 0 Å². The number of aromatic amines is 1. The van der Waals surface area contributed by atoms with Gasteiger partial charge in [0.1, 0.15) is 31.1 Å². The van der Waals surface area contributed by atoms with Crippen LogP contribution in [0.15, 0.2) is 64.3 Å². The summed E-state index contributed by atoms with van der Waals surface area (Å²) in [7, 11) is 1.22. The molecule has 0 bridgehead atoms. The Kier molecular flexibility index (Phi) is 7.28. The number of carbonyl (C=O) groups excluding carboxylic acids is 1. The number of benzene rings is 2. The maximum absolute atomic E-state index is 13.5. The van der Waals surface area contributed by atoms with E-state index in [1.165, 1.54) is 20.9 Å². The van der Waals surface area contributed by atoms with Crippen LogP contribution in [0.4, 0.5) is 4.79 Å². The fourth-order valence-electron chi connectivity index (χ4n) is 6.03. The van der Waals surface area contributed by atoms with Crippen LogP contribution >= 0.6 is 0 Å². The highest BCUT2D eigenvalue weighted by Gasteiger charge is 2.63. The Hall–Kier alpha value is -4.33. The number of ether oxygens (including phenoxy) is 2. The zero-order chi connectivity index (χ0) is 29.6. The number of fused-ring (bicyclic) bond motifs is 3. The summed E-state index contributed by atoms with van der Waals surface area (Å²) in [5.41, 5.74) is -0.100. The van der Waals surface area contributed by atoms with E-state index in [2.05, 4.69) is 5.10 Å². The number of carbonyl (C=O) groups is 2. The molecule has 2 aromatic carbocycles. The minimum absolute atomic E-state index is 0.0823. The first kappa shape index (κ1) is 28.2. The molecule has 1 aromatic heterocycles. The van der Waals surface area contributed by atoms with Crippen LogP contribution in [0.1, 0.15) is 37.1 Å². The van der Waals surface area contributed by atoms with Crippen molar-refractivity contribution in [2.75, 3.05) is 13.7 Å². The number of aliphatic hydroxyl groups excluding tert-OH is 2. The van der Waals surface area contributed by atoms with Gasteiger partial charge < -0.3 is 24.8 Å². The fraction of sp³-hybridized carbons (Fsp3) is 0.393. The summed E-state index contributed by atoms with van der Waals surface area (Å²) in [6.07, 6.45) is -7.25. The summed E-state index contributed by atoms with van der Waals surface area (Å²) in [6, 6.07) is 15.5. The van der Waals surface area contributed by atoms with E-state index in [1.807, 2.05) is 53.5 Å². The predicted molar refractivity (Wildman–Crippen MR) is 143 cm³/mol. The predicted octanol–water partition coefficient (Wildman–Crippen LogP) is 0.911. The molecule has 2 heterocycles. The molecule has 4 N–H and O–H groups in total. The van der Waals surface area contributed by atoms with Crippen molar-refractivity contribution in [1.29, 1.82) is 0 Å². The average molecular weight is 567 g/mol. The van der Waals surface area contributed by atoms with Crippen molar-refractivity contribution in [2.45, 2.75) is 49.8 Å². The van der Waals surface area contributed by atoms with Gasteiger partial charge in [0.05, 0.1) is 0 Å². The summed E-state index contributed by atoms with van der Waals surface area (Å²) >= 11 is 0. The number of aliphatic hydroxyl groups is 2. The number of rotatable bonds is 7. The van der Waals surface area contributed by atoms with Crippen molar-refractivity contribution < 1.29 is 34.4 Å². The van der Waals surface area contributed by atoms with Crippen LogP contribution in [-0.2, 0) is 14.3 Å². The number of carboxylic acid groups (broad SMARTS) is 1. The molecule has 1 aliphatic heterocycles. The van der Waals surface area contributed by atoms with Crippen molar-refractivity contribution in [3.63, 3.8) is 0 Å². The number of hydrogen-bond acceptors (Lipinski definition) is 9. The van der Waals surface area contributed by atoms with Gasteiger partial charge in [-0.05, 0) is 28.2 Å². The Morgan fingerprint density at radius 3 is 2.20 bits per heavy atom. The lowest BCUT2D eigenvalue weighted by atomic mass is 9.77. The molecule has 216 valence electrons.